The molecule has 7 heteroatoms. The predicted molar refractivity (Wildman–Crippen MR) is 136 cm³/mol. The van der Waals surface area contributed by atoms with Crippen LogP contribution in [-0.2, 0) is 33.7 Å². The summed E-state index contributed by atoms with van der Waals surface area (Å²) in [5.41, 5.74) is 4.27. The summed E-state index contributed by atoms with van der Waals surface area (Å²) in [5.74, 6) is -0.101. The Balaban J connectivity index is 1.21. The van der Waals surface area contributed by atoms with Gasteiger partial charge in [-0.1, -0.05) is 60.5 Å². The van der Waals surface area contributed by atoms with Crippen LogP contribution in [0.3, 0.4) is 0 Å². The van der Waals surface area contributed by atoms with Crippen LogP contribution in [0.2, 0.25) is 0 Å². The lowest BCUT2D eigenvalue weighted by Gasteiger charge is -2.30. The first-order valence-electron chi connectivity index (χ1n) is 12.5. The lowest BCUT2D eigenvalue weighted by molar-refractivity contribution is -0.126. The highest BCUT2D eigenvalue weighted by Crippen LogP contribution is 2.22. The molecule has 0 spiro atoms. The average molecular weight is 484 g/mol. The van der Waals surface area contributed by atoms with E-state index in [1.165, 1.54) is 37.9 Å². The van der Waals surface area contributed by atoms with Crippen LogP contribution in [0.4, 0.5) is 0 Å². The van der Waals surface area contributed by atoms with Crippen molar-refractivity contribution in [3.63, 3.8) is 0 Å². The molecule has 0 aromatic heterocycles. The number of sulfonamides is 1. The van der Waals surface area contributed by atoms with Crippen LogP contribution < -0.4 is 5.32 Å². The van der Waals surface area contributed by atoms with E-state index >= 15 is 0 Å². The van der Waals surface area contributed by atoms with Gasteiger partial charge in [-0.25, -0.2) is 12.7 Å². The van der Waals surface area contributed by atoms with Gasteiger partial charge in [0.1, 0.15) is 0 Å². The van der Waals surface area contributed by atoms with E-state index in [1.807, 2.05) is 31.2 Å². The minimum absolute atomic E-state index is 0.0132. The van der Waals surface area contributed by atoms with Crippen molar-refractivity contribution in [1.29, 1.82) is 0 Å². The maximum Gasteiger partial charge on any atom is 0.223 e. The molecular formula is C27H37N3O3S. The minimum atomic E-state index is -3.37. The van der Waals surface area contributed by atoms with Gasteiger partial charge in [0.15, 0.2) is 0 Å². The van der Waals surface area contributed by atoms with Crippen LogP contribution in [0, 0.1) is 12.8 Å². The maximum absolute atomic E-state index is 12.8. The van der Waals surface area contributed by atoms with E-state index in [-0.39, 0.29) is 17.6 Å². The Morgan fingerprint density at radius 2 is 1.59 bits per heavy atom. The topological polar surface area (TPSA) is 69.7 Å². The van der Waals surface area contributed by atoms with Gasteiger partial charge in [0, 0.05) is 32.1 Å². The smallest absolute Gasteiger partial charge is 0.223 e. The van der Waals surface area contributed by atoms with Gasteiger partial charge < -0.3 is 5.32 Å². The van der Waals surface area contributed by atoms with Gasteiger partial charge >= 0.3 is 0 Å². The van der Waals surface area contributed by atoms with Gasteiger partial charge in [-0.05, 0) is 62.4 Å². The lowest BCUT2D eigenvalue weighted by Crippen LogP contribution is -2.43. The zero-order chi connectivity index (χ0) is 24.0. The lowest BCUT2D eigenvalue weighted by atomic mass is 9.97. The van der Waals surface area contributed by atoms with Crippen LogP contribution in [0.15, 0.2) is 48.5 Å². The molecule has 2 aliphatic rings. The van der Waals surface area contributed by atoms with E-state index in [4.69, 9.17) is 0 Å². The first-order chi connectivity index (χ1) is 16.4. The number of amides is 1. The number of benzene rings is 2. The van der Waals surface area contributed by atoms with E-state index in [2.05, 4.69) is 34.5 Å². The van der Waals surface area contributed by atoms with E-state index in [9.17, 15) is 13.2 Å². The number of likely N-dealkylation sites (tertiary alicyclic amines) is 1. The Morgan fingerprint density at radius 3 is 2.26 bits per heavy atom. The van der Waals surface area contributed by atoms with E-state index in [0.717, 1.165) is 23.2 Å². The Bertz CT molecular complexity index is 1050. The number of rotatable bonds is 8. The third kappa shape index (κ3) is 6.90. The number of nitrogens with one attached hydrogen (secondary N) is 1. The predicted octanol–water partition coefficient (Wildman–Crippen LogP) is 3.84. The second kappa shape index (κ2) is 11.5. The Labute approximate surface area is 204 Å². The average Bonchev–Trinajstić information content (AvgIpc) is 2.84. The normalized spacial score (nSPS) is 18.6. The van der Waals surface area contributed by atoms with Crippen LogP contribution >= 0.6 is 0 Å². The molecule has 184 valence electrons. The molecule has 2 aliphatic heterocycles. The second-order valence-electron chi connectivity index (χ2n) is 9.79. The largest absolute Gasteiger partial charge is 0.352 e. The summed E-state index contributed by atoms with van der Waals surface area (Å²) < 4.78 is 27.2. The standard InChI is InChI=1S/C27H37N3O3S/c1-22-6-5-7-25(18-22)21-34(32,33)30-16-12-26(13-17-30)27(31)28-19-23-8-10-24(11-9-23)20-29-14-3-2-4-15-29/h5-11,18,26H,2-4,12-17,19-21H2,1H3,(H,28,31). The van der Waals surface area contributed by atoms with Crippen molar-refractivity contribution in [3.8, 4) is 0 Å². The van der Waals surface area contributed by atoms with Crippen molar-refractivity contribution in [2.75, 3.05) is 26.2 Å². The number of nitrogens with zero attached hydrogens (tertiary/aromatic N) is 2. The molecule has 2 fully saturated rings. The van der Waals surface area contributed by atoms with Gasteiger partial charge in [0.2, 0.25) is 15.9 Å². The number of hydrogen-bond acceptors (Lipinski definition) is 4. The SMILES string of the molecule is Cc1cccc(CS(=O)(=O)N2CCC(C(=O)NCc3ccc(CN4CCCCC4)cc3)CC2)c1. The summed E-state index contributed by atoms with van der Waals surface area (Å²) in [7, 11) is -3.37. The van der Waals surface area contributed by atoms with Crippen molar-refractivity contribution in [3.05, 3.63) is 70.8 Å². The fraction of sp³-hybridized carbons (Fsp3) is 0.519. The Kier molecular flexibility index (Phi) is 8.40. The molecule has 1 amide bonds. The van der Waals surface area contributed by atoms with Gasteiger partial charge in [0.05, 0.1) is 5.75 Å². The number of aryl methyl sites for hydroxylation is 1. The number of piperidine rings is 2. The van der Waals surface area contributed by atoms with Gasteiger partial charge in [0.25, 0.3) is 0 Å². The molecule has 2 aromatic carbocycles. The van der Waals surface area contributed by atoms with Crippen LogP contribution in [-0.4, -0.2) is 49.7 Å². The third-order valence-electron chi connectivity index (χ3n) is 6.99. The van der Waals surface area contributed by atoms with E-state index in [1.54, 1.807) is 4.31 Å². The summed E-state index contributed by atoms with van der Waals surface area (Å²) in [6.45, 7) is 6.64. The highest BCUT2D eigenvalue weighted by Gasteiger charge is 2.31. The molecular weight excluding hydrogens is 446 g/mol. The highest BCUT2D eigenvalue weighted by atomic mass is 32.2. The fourth-order valence-corrected chi connectivity index (χ4v) is 6.52. The van der Waals surface area contributed by atoms with Gasteiger partial charge in [-0.3, -0.25) is 9.69 Å². The van der Waals surface area contributed by atoms with Crippen LogP contribution in [0.25, 0.3) is 0 Å². The number of carbonyl (C=O) groups is 1. The van der Waals surface area contributed by atoms with Crippen molar-refractivity contribution in [2.45, 2.75) is 57.9 Å². The highest BCUT2D eigenvalue weighted by molar-refractivity contribution is 7.88. The van der Waals surface area contributed by atoms with Gasteiger partial charge in [-0.2, -0.15) is 0 Å². The number of carbonyl (C=O) groups excluding carboxylic acids is 1. The summed E-state index contributed by atoms with van der Waals surface area (Å²) in [5, 5.41) is 3.05. The van der Waals surface area contributed by atoms with Crippen LogP contribution in [0.5, 0.6) is 0 Å². The fourth-order valence-electron chi connectivity index (χ4n) is 4.97. The summed E-state index contributed by atoms with van der Waals surface area (Å²) in [6, 6.07) is 16.1. The van der Waals surface area contributed by atoms with Crippen LogP contribution in [0.1, 0.15) is 54.4 Å². The summed E-state index contributed by atoms with van der Waals surface area (Å²) in [6.07, 6.45) is 5.06. The third-order valence-corrected chi connectivity index (χ3v) is 8.84. The molecule has 0 radical (unpaired) electrons. The summed E-state index contributed by atoms with van der Waals surface area (Å²) in [4.78, 5) is 15.2. The first kappa shape index (κ1) is 24.9. The number of hydrogen-bond donors (Lipinski definition) is 1. The van der Waals surface area contributed by atoms with Crippen molar-refractivity contribution >= 4 is 15.9 Å². The molecule has 6 nitrogen and oxygen atoms in total. The summed E-state index contributed by atoms with van der Waals surface area (Å²) >= 11 is 0. The Morgan fingerprint density at radius 1 is 0.912 bits per heavy atom. The molecule has 0 saturated carbocycles. The van der Waals surface area contributed by atoms with Crippen molar-refractivity contribution in [1.82, 2.24) is 14.5 Å². The minimum Gasteiger partial charge on any atom is -0.352 e. The molecule has 0 aliphatic carbocycles. The molecule has 4 rings (SSSR count). The van der Waals surface area contributed by atoms with E-state index in [0.29, 0.717) is 32.5 Å². The molecule has 0 bridgehead atoms. The molecule has 2 aromatic rings. The zero-order valence-corrected chi connectivity index (χ0v) is 21.0. The molecule has 2 saturated heterocycles. The van der Waals surface area contributed by atoms with Crippen molar-refractivity contribution < 1.29 is 13.2 Å². The first-order valence-corrected chi connectivity index (χ1v) is 14.1. The monoisotopic (exact) mass is 483 g/mol. The molecule has 2 heterocycles. The maximum atomic E-state index is 12.8. The molecule has 0 unspecified atom stereocenters. The second-order valence-corrected chi connectivity index (χ2v) is 11.8. The van der Waals surface area contributed by atoms with Gasteiger partial charge in [-0.15, -0.1) is 0 Å². The van der Waals surface area contributed by atoms with E-state index < -0.39 is 10.0 Å². The quantitative estimate of drug-likeness (QED) is 0.619. The van der Waals surface area contributed by atoms with Crippen molar-refractivity contribution in [2.24, 2.45) is 5.92 Å². The Hall–Kier alpha value is -2.22. The molecule has 34 heavy (non-hydrogen) atoms. The molecule has 1 N–H and O–H groups in total. The molecule has 0 atom stereocenters. The zero-order valence-electron chi connectivity index (χ0n) is 20.2.